The highest BCUT2D eigenvalue weighted by Crippen LogP contribution is 2.24. The molecule has 1 fully saturated rings. The highest BCUT2D eigenvalue weighted by atomic mass is 16.7. The zero-order valence-electron chi connectivity index (χ0n) is 11.5. The summed E-state index contributed by atoms with van der Waals surface area (Å²) in [4.78, 5) is 12.0. The molecule has 0 radical (unpaired) electrons. The number of benzene rings is 1. The number of aliphatic hydroxyl groups excluding tert-OH is 3. The third-order valence-corrected chi connectivity index (χ3v) is 3.31. The second-order valence-electron chi connectivity index (χ2n) is 4.68. The summed E-state index contributed by atoms with van der Waals surface area (Å²) in [5.41, 5.74) is 0.304. The lowest BCUT2D eigenvalue weighted by molar-refractivity contribution is -0.293. The van der Waals surface area contributed by atoms with Gasteiger partial charge in [-0.05, 0) is 12.1 Å². The summed E-state index contributed by atoms with van der Waals surface area (Å²) in [5.74, 6) is -0.667. The first-order chi connectivity index (χ1) is 10.1. The van der Waals surface area contributed by atoms with E-state index < -0.39 is 43.3 Å². The molecule has 0 aliphatic carbocycles. The summed E-state index contributed by atoms with van der Waals surface area (Å²) in [6.45, 7) is -0.489. The van der Waals surface area contributed by atoms with Gasteiger partial charge in [0.15, 0.2) is 12.4 Å². The van der Waals surface area contributed by atoms with Gasteiger partial charge >= 0.3 is 5.97 Å². The number of carbonyl (C=O) groups is 1. The summed E-state index contributed by atoms with van der Waals surface area (Å²) in [6.07, 6.45) is -6.08. The molecule has 1 aliphatic rings. The van der Waals surface area contributed by atoms with Gasteiger partial charge in [-0.15, -0.1) is 0 Å². The predicted octanol–water partition coefficient (Wildman–Crippen LogP) is -0.703. The van der Waals surface area contributed by atoms with Crippen molar-refractivity contribution in [2.24, 2.45) is 0 Å². The molecule has 116 valence electrons. The highest BCUT2D eigenvalue weighted by molar-refractivity contribution is 5.89. The van der Waals surface area contributed by atoms with Crippen LogP contribution in [0.4, 0.5) is 0 Å². The molecule has 5 atom stereocenters. The van der Waals surface area contributed by atoms with Crippen LogP contribution in [0.5, 0.6) is 0 Å². The normalized spacial score (nSPS) is 32.7. The van der Waals surface area contributed by atoms with Crippen molar-refractivity contribution in [2.45, 2.75) is 30.7 Å². The van der Waals surface area contributed by atoms with E-state index in [1.54, 1.807) is 30.3 Å². The molecule has 1 aliphatic heterocycles. The fourth-order valence-electron chi connectivity index (χ4n) is 2.14. The number of methoxy groups -OCH3 is 1. The van der Waals surface area contributed by atoms with Crippen LogP contribution in [0.2, 0.25) is 0 Å². The Morgan fingerprint density at radius 1 is 1.24 bits per heavy atom. The molecular weight excluding hydrogens is 280 g/mol. The summed E-state index contributed by atoms with van der Waals surface area (Å²) in [6, 6.07) is 8.23. The first kappa shape index (κ1) is 15.9. The smallest absolute Gasteiger partial charge is 0.338 e. The van der Waals surface area contributed by atoms with Crippen molar-refractivity contribution in [3.05, 3.63) is 35.9 Å². The Morgan fingerprint density at radius 2 is 1.90 bits per heavy atom. The number of ether oxygens (including phenoxy) is 3. The minimum Gasteiger partial charge on any atom is -0.450 e. The number of esters is 1. The molecule has 0 amide bonds. The fourth-order valence-corrected chi connectivity index (χ4v) is 2.14. The maximum atomic E-state index is 12.0. The molecule has 3 N–H and O–H groups in total. The predicted molar refractivity (Wildman–Crippen MR) is 70.4 cm³/mol. The molecule has 7 heteroatoms. The second-order valence-corrected chi connectivity index (χ2v) is 4.68. The van der Waals surface area contributed by atoms with Gasteiger partial charge in [-0.3, -0.25) is 0 Å². The van der Waals surface area contributed by atoms with E-state index in [4.69, 9.17) is 19.3 Å². The lowest BCUT2D eigenvalue weighted by Gasteiger charge is -2.40. The van der Waals surface area contributed by atoms with Crippen molar-refractivity contribution in [3.63, 3.8) is 0 Å². The molecule has 1 saturated heterocycles. The average Bonchev–Trinajstić information content (AvgIpc) is 2.53. The van der Waals surface area contributed by atoms with Gasteiger partial charge in [-0.25, -0.2) is 4.79 Å². The van der Waals surface area contributed by atoms with Crippen molar-refractivity contribution in [3.8, 4) is 0 Å². The highest BCUT2D eigenvalue weighted by Gasteiger charge is 2.46. The number of carbonyl (C=O) groups excluding carboxylic acids is 1. The van der Waals surface area contributed by atoms with Gasteiger partial charge in [0.05, 0.1) is 12.2 Å². The van der Waals surface area contributed by atoms with Crippen molar-refractivity contribution in [1.82, 2.24) is 0 Å². The van der Waals surface area contributed by atoms with E-state index in [2.05, 4.69) is 0 Å². The van der Waals surface area contributed by atoms with Crippen LogP contribution in [0, 0.1) is 0 Å². The molecule has 2 rings (SSSR count). The van der Waals surface area contributed by atoms with Gasteiger partial charge in [0.1, 0.15) is 18.3 Å². The Balaban J connectivity index is 2.11. The van der Waals surface area contributed by atoms with E-state index in [1.807, 2.05) is 0 Å². The first-order valence-electron chi connectivity index (χ1n) is 6.49. The Hall–Kier alpha value is -1.51. The first-order valence-corrected chi connectivity index (χ1v) is 6.49. The standard InChI is InChI=1S/C14H18O7/c1-19-14-12(11(17)10(16)9(7-15)20-14)21-13(18)8-5-3-2-4-6-8/h2-6,9-12,14-17H,7H2,1H3/t9-,10-,11+,12+,14+/m1/s1. The van der Waals surface area contributed by atoms with Crippen LogP contribution in [-0.4, -0.2) is 65.7 Å². The SMILES string of the molecule is CO[C@H]1O[C@H](CO)[C@@H](O)[C@H](O)[C@@H]1OC(=O)c1ccccc1. The molecule has 1 aromatic rings. The van der Waals surface area contributed by atoms with E-state index in [1.165, 1.54) is 7.11 Å². The van der Waals surface area contributed by atoms with Crippen LogP contribution in [-0.2, 0) is 14.2 Å². The van der Waals surface area contributed by atoms with Gasteiger partial charge in [-0.2, -0.15) is 0 Å². The zero-order chi connectivity index (χ0) is 15.4. The third-order valence-electron chi connectivity index (χ3n) is 3.31. The topological polar surface area (TPSA) is 105 Å². The summed E-state index contributed by atoms with van der Waals surface area (Å²) in [5, 5.41) is 28.9. The second kappa shape index (κ2) is 6.97. The van der Waals surface area contributed by atoms with Gasteiger partial charge in [0.25, 0.3) is 0 Å². The van der Waals surface area contributed by atoms with Crippen LogP contribution in [0.3, 0.4) is 0 Å². The third kappa shape index (κ3) is 3.39. The van der Waals surface area contributed by atoms with Crippen LogP contribution >= 0.6 is 0 Å². The maximum Gasteiger partial charge on any atom is 0.338 e. The van der Waals surface area contributed by atoms with Crippen LogP contribution in [0.15, 0.2) is 30.3 Å². The lowest BCUT2D eigenvalue weighted by atomic mass is 9.99. The minimum absolute atomic E-state index is 0.304. The molecule has 0 bridgehead atoms. The Labute approximate surface area is 121 Å². The summed E-state index contributed by atoms with van der Waals surface area (Å²) in [7, 11) is 1.31. The monoisotopic (exact) mass is 298 g/mol. The molecule has 0 spiro atoms. The van der Waals surface area contributed by atoms with Crippen molar-refractivity contribution in [2.75, 3.05) is 13.7 Å². The van der Waals surface area contributed by atoms with Crippen molar-refractivity contribution >= 4 is 5.97 Å². The summed E-state index contributed by atoms with van der Waals surface area (Å²) < 4.78 is 15.4. The zero-order valence-corrected chi connectivity index (χ0v) is 11.5. The van der Waals surface area contributed by atoms with Gasteiger partial charge in [0.2, 0.25) is 0 Å². The number of rotatable bonds is 4. The van der Waals surface area contributed by atoms with Crippen LogP contribution in [0.25, 0.3) is 0 Å². The maximum absolute atomic E-state index is 12.0. The van der Waals surface area contributed by atoms with E-state index in [0.717, 1.165) is 0 Å². The molecular formula is C14H18O7. The molecule has 1 aromatic carbocycles. The molecule has 0 saturated carbocycles. The molecule has 7 nitrogen and oxygen atoms in total. The van der Waals surface area contributed by atoms with E-state index in [9.17, 15) is 15.0 Å². The van der Waals surface area contributed by atoms with Crippen molar-refractivity contribution < 1.29 is 34.3 Å². The quantitative estimate of drug-likeness (QED) is 0.631. The Morgan fingerprint density at radius 3 is 2.48 bits per heavy atom. The molecule has 0 aromatic heterocycles. The average molecular weight is 298 g/mol. The van der Waals surface area contributed by atoms with Crippen LogP contribution < -0.4 is 0 Å². The number of aliphatic hydroxyl groups is 3. The molecule has 1 heterocycles. The number of hydrogen-bond donors (Lipinski definition) is 3. The Bertz CT molecular complexity index is 462. The Kier molecular flexibility index (Phi) is 5.27. The summed E-state index contributed by atoms with van der Waals surface area (Å²) >= 11 is 0. The van der Waals surface area contributed by atoms with Gasteiger partial charge < -0.3 is 29.5 Å². The molecule has 0 unspecified atom stereocenters. The van der Waals surface area contributed by atoms with E-state index in [-0.39, 0.29) is 0 Å². The lowest BCUT2D eigenvalue weighted by Crippen LogP contribution is -2.60. The largest absolute Gasteiger partial charge is 0.450 e. The minimum atomic E-state index is -1.42. The van der Waals surface area contributed by atoms with Gasteiger partial charge in [-0.1, -0.05) is 18.2 Å². The fraction of sp³-hybridized carbons (Fsp3) is 0.500. The van der Waals surface area contributed by atoms with Crippen molar-refractivity contribution in [1.29, 1.82) is 0 Å². The van der Waals surface area contributed by atoms with Gasteiger partial charge in [0, 0.05) is 7.11 Å². The van der Waals surface area contributed by atoms with Crippen LogP contribution in [0.1, 0.15) is 10.4 Å². The molecule has 21 heavy (non-hydrogen) atoms. The van der Waals surface area contributed by atoms with E-state index >= 15 is 0 Å². The number of hydrogen-bond acceptors (Lipinski definition) is 7. The van der Waals surface area contributed by atoms with E-state index in [0.29, 0.717) is 5.56 Å².